The number of hydrogen-bond donors (Lipinski definition) is 2. The number of rotatable bonds is 9. The zero-order valence-electron chi connectivity index (χ0n) is 35.3. The summed E-state index contributed by atoms with van der Waals surface area (Å²) in [6, 6.07) is 45.6. The molecule has 9 rings (SSSR count). The first-order chi connectivity index (χ1) is 29.6. The number of allylic oxidation sites excluding steroid dienone is 10. The van der Waals surface area contributed by atoms with Crippen LogP contribution in [0.5, 0.6) is 0 Å². The molecule has 6 aromatic rings. The van der Waals surface area contributed by atoms with Gasteiger partial charge in [0, 0.05) is 27.3 Å². The molecule has 1 unspecified atom stereocenters. The van der Waals surface area contributed by atoms with E-state index in [0.717, 1.165) is 86.0 Å². The van der Waals surface area contributed by atoms with Gasteiger partial charge in [-0.15, -0.1) is 0 Å². The fraction of sp³-hybridized carbons (Fsp3) is 0.161. The number of aromatic amines is 1. The van der Waals surface area contributed by atoms with Crippen molar-refractivity contribution in [2.45, 2.75) is 64.4 Å². The van der Waals surface area contributed by atoms with Crippen molar-refractivity contribution < 1.29 is 0 Å². The average molecular weight is 802 g/mol. The van der Waals surface area contributed by atoms with E-state index in [0.29, 0.717) is 0 Å². The number of H-pyrrole nitrogens is 1. The van der Waals surface area contributed by atoms with Gasteiger partial charge in [-0.1, -0.05) is 174 Å². The van der Waals surface area contributed by atoms with Crippen molar-refractivity contribution in [3.63, 3.8) is 0 Å². The van der Waals surface area contributed by atoms with E-state index in [2.05, 4.69) is 163 Å². The van der Waals surface area contributed by atoms with E-state index in [1.807, 2.05) is 58.2 Å². The Balaban J connectivity index is 0.00000132. The Kier molecular flexibility index (Phi) is 14.0. The van der Waals surface area contributed by atoms with Crippen LogP contribution in [-0.4, -0.2) is 10.7 Å². The number of hydrogen-bond acceptors (Lipinski definition) is 3. The fourth-order valence-electron chi connectivity index (χ4n) is 8.07. The molecule has 1 atom stereocenters. The summed E-state index contributed by atoms with van der Waals surface area (Å²) in [6.45, 7) is 16.5. The Morgan fingerprint density at radius 1 is 0.767 bits per heavy atom. The lowest BCUT2D eigenvalue weighted by Gasteiger charge is -2.25. The summed E-state index contributed by atoms with van der Waals surface area (Å²) in [6.07, 6.45) is 18.7. The Morgan fingerprint density at radius 3 is 2.32 bits per heavy atom. The molecule has 2 heterocycles. The molecule has 300 valence electrons. The van der Waals surface area contributed by atoms with E-state index >= 15 is 0 Å². The lowest BCUT2D eigenvalue weighted by Crippen LogP contribution is -2.16. The topological polar surface area (TPSA) is 40.2 Å². The molecule has 1 aliphatic heterocycles. The average Bonchev–Trinajstić information content (AvgIpc) is 4.01. The molecule has 0 saturated heterocycles. The van der Waals surface area contributed by atoms with Gasteiger partial charge in [0.1, 0.15) is 6.17 Å². The minimum absolute atomic E-state index is 0.374. The first-order valence-corrected chi connectivity index (χ1v) is 22.2. The lowest BCUT2D eigenvalue weighted by atomic mass is 9.83. The molecule has 5 aromatic carbocycles. The predicted molar refractivity (Wildman–Crippen MR) is 262 cm³/mol. The smallest absolute Gasteiger partial charge is 0.145 e. The standard InChI is InChI=1S/C52H43N3S.2C2H6/c1-3-4-6-13-36(21-24-38-25-28-40-16-11-17-41-29-30-46(38)50(40)41)43-32-44(37-22-26-39(27-23-37)47-19-12-31-53-47)34-45(33-43)52-54-48-18-9-10-20-49(48)56-35(2)51(55-52)42-14-7-5-8-15-42;2*1-2/h3-12,14-24,26-27,30-34,52-54H,1-2,13,25,28-29H2;2*1-2H3/b6-4-,36-21+,38-24+,55-51+;;. The van der Waals surface area contributed by atoms with Crippen LogP contribution < -0.4 is 5.32 Å². The van der Waals surface area contributed by atoms with Crippen LogP contribution in [-0.2, 0) is 12.8 Å². The van der Waals surface area contributed by atoms with E-state index in [-0.39, 0.29) is 6.17 Å². The Hall–Kier alpha value is -6.36. The maximum Gasteiger partial charge on any atom is 0.145 e. The number of aliphatic imine (C=N–C) groups is 1. The van der Waals surface area contributed by atoms with Crippen molar-refractivity contribution in [1.29, 1.82) is 0 Å². The number of nitrogens with one attached hydrogen (secondary N) is 2. The van der Waals surface area contributed by atoms with Gasteiger partial charge in [0.15, 0.2) is 0 Å². The van der Waals surface area contributed by atoms with E-state index < -0.39 is 0 Å². The van der Waals surface area contributed by atoms with Gasteiger partial charge in [0.05, 0.1) is 11.4 Å². The SMILES string of the molecule is C=C/C=C\C/C(=C\C=C1/CCc2cccc3c2C1=CC3)c1cc(-c2ccc(-c3ccc[nH]3)cc2)cc(C2/N=C(/c3ccccc3)C(=C)Sc3ccccc3N2)c1.CC.CC. The van der Waals surface area contributed by atoms with Crippen molar-refractivity contribution in [3.8, 4) is 22.4 Å². The highest BCUT2D eigenvalue weighted by Crippen LogP contribution is 2.43. The van der Waals surface area contributed by atoms with E-state index in [1.54, 1.807) is 11.8 Å². The van der Waals surface area contributed by atoms with Crippen LogP contribution in [0.25, 0.3) is 33.5 Å². The fourth-order valence-corrected chi connectivity index (χ4v) is 8.99. The molecular formula is C56H55N3S. The Bertz CT molecular complexity index is 2600. The molecule has 0 bridgehead atoms. The molecule has 2 aliphatic carbocycles. The molecule has 60 heavy (non-hydrogen) atoms. The summed E-state index contributed by atoms with van der Waals surface area (Å²) in [7, 11) is 0. The second-order valence-corrected chi connectivity index (χ2v) is 15.6. The number of nitrogens with zero attached hydrogens (tertiary/aromatic N) is 1. The normalized spacial score (nSPS) is 17.0. The first kappa shape index (κ1) is 41.8. The molecule has 0 fully saturated rings. The molecule has 3 nitrogen and oxygen atoms in total. The number of aryl methyl sites for hydroxylation is 1. The molecular weight excluding hydrogens is 747 g/mol. The summed E-state index contributed by atoms with van der Waals surface area (Å²) in [5.74, 6) is 0. The van der Waals surface area contributed by atoms with Crippen molar-refractivity contribution in [1.82, 2.24) is 4.98 Å². The van der Waals surface area contributed by atoms with Crippen LogP contribution in [0.2, 0.25) is 0 Å². The van der Waals surface area contributed by atoms with E-state index in [9.17, 15) is 0 Å². The molecule has 0 amide bonds. The Labute approximate surface area is 361 Å². The highest BCUT2D eigenvalue weighted by molar-refractivity contribution is 8.04. The molecule has 3 aliphatic rings. The molecule has 4 heteroatoms. The summed E-state index contributed by atoms with van der Waals surface area (Å²) < 4.78 is 0. The van der Waals surface area contributed by atoms with Crippen molar-refractivity contribution in [2.24, 2.45) is 4.99 Å². The van der Waals surface area contributed by atoms with Crippen LogP contribution >= 0.6 is 11.8 Å². The molecule has 0 saturated carbocycles. The van der Waals surface area contributed by atoms with E-state index in [4.69, 9.17) is 4.99 Å². The minimum Gasteiger partial charge on any atom is -0.361 e. The summed E-state index contributed by atoms with van der Waals surface area (Å²) in [5.41, 5.74) is 18.2. The zero-order valence-corrected chi connectivity index (χ0v) is 36.2. The van der Waals surface area contributed by atoms with Gasteiger partial charge in [-0.3, -0.25) is 4.99 Å². The lowest BCUT2D eigenvalue weighted by molar-refractivity contribution is 0.833. The number of anilines is 1. The summed E-state index contributed by atoms with van der Waals surface area (Å²) >= 11 is 1.66. The summed E-state index contributed by atoms with van der Waals surface area (Å²) in [5, 5.41) is 3.85. The highest BCUT2D eigenvalue weighted by Gasteiger charge is 2.25. The van der Waals surface area contributed by atoms with E-state index in [1.165, 1.54) is 33.4 Å². The molecule has 1 aromatic heterocycles. The number of benzene rings is 5. The van der Waals surface area contributed by atoms with Crippen LogP contribution in [0, 0.1) is 0 Å². The largest absolute Gasteiger partial charge is 0.361 e. The molecule has 0 spiro atoms. The monoisotopic (exact) mass is 801 g/mol. The van der Waals surface area contributed by atoms with Gasteiger partial charge >= 0.3 is 0 Å². The van der Waals surface area contributed by atoms with Gasteiger partial charge in [0.2, 0.25) is 0 Å². The third-order valence-electron chi connectivity index (χ3n) is 10.9. The third kappa shape index (κ3) is 9.25. The van der Waals surface area contributed by atoms with Gasteiger partial charge in [-0.05, 0) is 129 Å². The maximum absolute atomic E-state index is 5.50. The number of thioether (sulfide) groups is 1. The second-order valence-electron chi connectivity index (χ2n) is 14.4. The van der Waals surface area contributed by atoms with Gasteiger partial charge < -0.3 is 10.3 Å². The van der Waals surface area contributed by atoms with Crippen molar-refractivity contribution >= 4 is 34.3 Å². The highest BCUT2D eigenvalue weighted by atomic mass is 32.2. The number of fused-ring (bicyclic) bond motifs is 1. The van der Waals surface area contributed by atoms with Crippen molar-refractivity contribution in [3.05, 3.63) is 227 Å². The van der Waals surface area contributed by atoms with Crippen LogP contribution in [0.4, 0.5) is 5.69 Å². The third-order valence-corrected chi connectivity index (χ3v) is 11.9. The van der Waals surface area contributed by atoms with Gasteiger partial charge in [-0.25, -0.2) is 0 Å². The van der Waals surface area contributed by atoms with Crippen LogP contribution in [0.1, 0.15) is 80.1 Å². The number of aromatic nitrogens is 1. The minimum atomic E-state index is -0.374. The Morgan fingerprint density at radius 2 is 1.53 bits per heavy atom. The van der Waals surface area contributed by atoms with Gasteiger partial charge in [0.25, 0.3) is 0 Å². The van der Waals surface area contributed by atoms with Crippen LogP contribution in [0.3, 0.4) is 0 Å². The molecule has 2 N–H and O–H groups in total. The predicted octanol–water partition coefficient (Wildman–Crippen LogP) is 15.6. The second kappa shape index (κ2) is 20.1. The van der Waals surface area contributed by atoms with Gasteiger partial charge in [-0.2, -0.15) is 0 Å². The van der Waals surface area contributed by atoms with Crippen LogP contribution in [0.15, 0.2) is 204 Å². The molecule has 0 radical (unpaired) electrons. The first-order valence-electron chi connectivity index (χ1n) is 21.4. The maximum atomic E-state index is 5.50. The van der Waals surface area contributed by atoms with Crippen molar-refractivity contribution in [2.75, 3.05) is 5.32 Å². The number of para-hydroxylation sites is 1. The summed E-state index contributed by atoms with van der Waals surface area (Å²) in [4.78, 5) is 10.9. The zero-order chi connectivity index (χ0) is 41.8. The quantitative estimate of drug-likeness (QED) is 0.143.